The lowest BCUT2D eigenvalue weighted by molar-refractivity contribution is 0.461. The molecule has 88 valence electrons. The van der Waals surface area contributed by atoms with Crippen molar-refractivity contribution in [3.63, 3.8) is 0 Å². The van der Waals surface area contributed by atoms with Gasteiger partial charge in [0.2, 0.25) is 5.88 Å². The first-order valence-electron chi connectivity index (χ1n) is 5.09. The Hall–Kier alpha value is -1.75. The molecule has 0 radical (unpaired) electrons. The first-order valence-corrected chi connectivity index (χ1v) is 6.31. The van der Waals surface area contributed by atoms with E-state index in [0.717, 1.165) is 10.6 Å². The van der Waals surface area contributed by atoms with Gasteiger partial charge in [0, 0.05) is 6.07 Å². The maximum Gasteiger partial charge on any atom is 0.223 e. The molecular formula is C12H13N3OS. The fraction of sp³-hybridized carbons (Fsp3) is 0.167. The molecule has 2 N–H and O–H groups in total. The zero-order chi connectivity index (χ0) is 12.3. The Morgan fingerprint density at radius 3 is 2.82 bits per heavy atom. The topological polar surface area (TPSA) is 61.0 Å². The second-order valence-electron chi connectivity index (χ2n) is 3.54. The number of hydrogen-bond acceptors (Lipinski definition) is 5. The molecule has 0 fully saturated rings. The fourth-order valence-electron chi connectivity index (χ4n) is 1.33. The third kappa shape index (κ3) is 2.88. The summed E-state index contributed by atoms with van der Waals surface area (Å²) in [6.07, 6.45) is 3.43. The van der Waals surface area contributed by atoms with E-state index in [1.54, 1.807) is 6.07 Å². The van der Waals surface area contributed by atoms with Gasteiger partial charge in [-0.2, -0.15) is 0 Å². The van der Waals surface area contributed by atoms with E-state index >= 15 is 0 Å². The third-order valence-corrected chi connectivity index (χ3v) is 2.85. The minimum absolute atomic E-state index is 0.502. The van der Waals surface area contributed by atoms with Crippen LogP contribution in [-0.4, -0.2) is 16.2 Å². The Bertz CT molecular complexity index is 531. The summed E-state index contributed by atoms with van der Waals surface area (Å²) in [5, 5.41) is 0.862. The van der Waals surface area contributed by atoms with E-state index in [1.807, 2.05) is 31.4 Å². The molecule has 0 unspecified atom stereocenters. The molecule has 0 aliphatic rings. The van der Waals surface area contributed by atoms with Gasteiger partial charge in [0.25, 0.3) is 0 Å². The average molecular weight is 247 g/mol. The van der Waals surface area contributed by atoms with Crippen LogP contribution in [0.1, 0.15) is 5.56 Å². The number of ether oxygens (including phenoxy) is 1. The van der Waals surface area contributed by atoms with E-state index in [4.69, 9.17) is 10.5 Å². The molecule has 2 rings (SSSR count). The molecule has 5 heteroatoms. The standard InChI is InChI=1S/C12H13N3OS/c1-8-3-4-9(13)10(5-8)16-11-6-12(17-2)15-7-14-11/h3-7H,13H2,1-2H3. The number of thioether (sulfide) groups is 1. The number of nitrogens with two attached hydrogens (primary N) is 1. The van der Waals surface area contributed by atoms with Gasteiger partial charge >= 0.3 is 0 Å². The van der Waals surface area contributed by atoms with Crippen molar-refractivity contribution >= 4 is 17.4 Å². The fourth-order valence-corrected chi connectivity index (χ4v) is 1.70. The first kappa shape index (κ1) is 11.7. The second-order valence-corrected chi connectivity index (χ2v) is 4.37. The monoisotopic (exact) mass is 247 g/mol. The average Bonchev–Trinajstić information content (AvgIpc) is 2.34. The van der Waals surface area contributed by atoms with Crippen molar-refractivity contribution in [1.82, 2.24) is 9.97 Å². The molecule has 17 heavy (non-hydrogen) atoms. The summed E-state index contributed by atoms with van der Waals surface area (Å²) >= 11 is 1.54. The number of aromatic nitrogens is 2. The third-order valence-electron chi connectivity index (χ3n) is 2.21. The molecule has 0 aliphatic heterocycles. The van der Waals surface area contributed by atoms with Crippen LogP contribution >= 0.6 is 11.8 Å². The summed E-state index contributed by atoms with van der Waals surface area (Å²) in [4.78, 5) is 8.13. The van der Waals surface area contributed by atoms with E-state index in [9.17, 15) is 0 Å². The molecule has 1 aromatic carbocycles. The lowest BCUT2D eigenvalue weighted by atomic mass is 10.2. The number of benzene rings is 1. The van der Waals surface area contributed by atoms with Crippen molar-refractivity contribution in [3.8, 4) is 11.6 Å². The number of nitrogens with zero attached hydrogens (tertiary/aromatic N) is 2. The summed E-state index contributed by atoms with van der Waals surface area (Å²) < 4.78 is 5.64. The van der Waals surface area contributed by atoms with Crippen LogP contribution in [0.15, 0.2) is 35.6 Å². The van der Waals surface area contributed by atoms with Crippen LogP contribution in [0.25, 0.3) is 0 Å². The zero-order valence-corrected chi connectivity index (χ0v) is 10.5. The summed E-state index contributed by atoms with van der Waals surface area (Å²) in [6.45, 7) is 1.99. The lowest BCUT2D eigenvalue weighted by Crippen LogP contribution is -1.95. The molecule has 0 saturated heterocycles. The molecular weight excluding hydrogens is 234 g/mol. The predicted molar refractivity (Wildman–Crippen MR) is 69.5 cm³/mol. The molecule has 0 saturated carbocycles. The Morgan fingerprint density at radius 2 is 2.06 bits per heavy atom. The van der Waals surface area contributed by atoms with Crippen molar-refractivity contribution in [1.29, 1.82) is 0 Å². The van der Waals surface area contributed by atoms with Gasteiger partial charge in [0.15, 0.2) is 5.75 Å². The van der Waals surface area contributed by atoms with E-state index in [2.05, 4.69) is 9.97 Å². The molecule has 0 aliphatic carbocycles. The lowest BCUT2D eigenvalue weighted by Gasteiger charge is -2.08. The predicted octanol–water partition coefficient (Wildman–Crippen LogP) is 2.88. The van der Waals surface area contributed by atoms with Gasteiger partial charge in [-0.1, -0.05) is 6.07 Å². The number of rotatable bonds is 3. The number of hydrogen-bond donors (Lipinski definition) is 1. The first-order chi connectivity index (χ1) is 8.19. The minimum atomic E-state index is 0.502. The van der Waals surface area contributed by atoms with Crippen LogP contribution < -0.4 is 10.5 Å². The maximum absolute atomic E-state index is 5.83. The van der Waals surface area contributed by atoms with Crippen molar-refractivity contribution < 1.29 is 4.74 Å². The van der Waals surface area contributed by atoms with Crippen LogP contribution in [0, 0.1) is 6.92 Å². The van der Waals surface area contributed by atoms with Crippen LogP contribution in [0.5, 0.6) is 11.6 Å². The minimum Gasteiger partial charge on any atom is -0.437 e. The quantitative estimate of drug-likeness (QED) is 0.513. The summed E-state index contributed by atoms with van der Waals surface area (Å²) in [5.74, 6) is 1.12. The highest BCUT2D eigenvalue weighted by Gasteiger charge is 2.04. The zero-order valence-electron chi connectivity index (χ0n) is 9.68. The van der Waals surface area contributed by atoms with Crippen LogP contribution in [0.3, 0.4) is 0 Å². The van der Waals surface area contributed by atoms with Gasteiger partial charge in [-0.05, 0) is 30.9 Å². The molecule has 1 heterocycles. The second kappa shape index (κ2) is 5.05. The van der Waals surface area contributed by atoms with E-state index in [-0.39, 0.29) is 0 Å². The smallest absolute Gasteiger partial charge is 0.223 e. The normalized spacial score (nSPS) is 10.2. The number of anilines is 1. The van der Waals surface area contributed by atoms with Crippen molar-refractivity contribution in [2.75, 3.05) is 12.0 Å². The Morgan fingerprint density at radius 1 is 1.24 bits per heavy atom. The molecule has 0 amide bonds. The largest absolute Gasteiger partial charge is 0.437 e. The van der Waals surface area contributed by atoms with Crippen LogP contribution in [0.4, 0.5) is 5.69 Å². The highest BCUT2D eigenvalue weighted by molar-refractivity contribution is 7.98. The summed E-state index contributed by atoms with van der Waals surface area (Å²) in [7, 11) is 0. The SMILES string of the molecule is CSc1cc(Oc2cc(C)ccc2N)ncn1. The Balaban J connectivity index is 2.27. The van der Waals surface area contributed by atoms with Gasteiger partial charge in [-0.25, -0.2) is 9.97 Å². The van der Waals surface area contributed by atoms with E-state index in [0.29, 0.717) is 17.3 Å². The molecule has 4 nitrogen and oxygen atoms in total. The van der Waals surface area contributed by atoms with Gasteiger partial charge in [0.1, 0.15) is 11.4 Å². The highest BCUT2D eigenvalue weighted by atomic mass is 32.2. The Kier molecular flexibility index (Phi) is 3.49. The van der Waals surface area contributed by atoms with Crippen LogP contribution in [0.2, 0.25) is 0 Å². The molecule has 2 aromatic rings. The Labute approximate surface area is 104 Å². The highest BCUT2D eigenvalue weighted by Crippen LogP contribution is 2.28. The molecule has 0 spiro atoms. The van der Waals surface area contributed by atoms with Gasteiger partial charge < -0.3 is 10.5 Å². The van der Waals surface area contributed by atoms with Crippen molar-refractivity contribution in [3.05, 3.63) is 36.2 Å². The molecule has 1 aromatic heterocycles. The van der Waals surface area contributed by atoms with Gasteiger partial charge in [0.05, 0.1) is 5.69 Å². The molecule has 0 bridgehead atoms. The molecule has 0 atom stereocenters. The van der Waals surface area contributed by atoms with Crippen LogP contribution in [-0.2, 0) is 0 Å². The van der Waals surface area contributed by atoms with Gasteiger partial charge in [-0.15, -0.1) is 11.8 Å². The maximum atomic E-state index is 5.83. The number of nitrogen functional groups attached to an aromatic ring is 1. The van der Waals surface area contributed by atoms with Gasteiger partial charge in [-0.3, -0.25) is 0 Å². The summed E-state index contributed by atoms with van der Waals surface area (Å²) in [6, 6.07) is 7.43. The van der Waals surface area contributed by atoms with Crippen molar-refractivity contribution in [2.45, 2.75) is 11.9 Å². The number of aryl methyl sites for hydroxylation is 1. The van der Waals surface area contributed by atoms with E-state index in [1.165, 1.54) is 18.1 Å². The van der Waals surface area contributed by atoms with Crippen molar-refractivity contribution in [2.24, 2.45) is 0 Å². The summed E-state index contributed by atoms with van der Waals surface area (Å²) in [5.41, 5.74) is 7.52. The van der Waals surface area contributed by atoms with E-state index < -0.39 is 0 Å².